The van der Waals surface area contributed by atoms with Crippen LogP contribution in [0.15, 0.2) is 77.2 Å². The van der Waals surface area contributed by atoms with Crippen molar-refractivity contribution in [3.63, 3.8) is 0 Å². The lowest BCUT2D eigenvalue weighted by atomic mass is 10.1. The smallest absolute Gasteiger partial charge is 0.320 e. The number of carbonyl (C=O) groups is 1. The first-order valence-corrected chi connectivity index (χ1v) is 10.4. The van der Waals surface area contributed by atoms with E-state index in [1.54, 1.807) is 49.6 Å². The number of hydrogen-bond donors (Lipinski definition) is 2. The van der Waals surface area contributed by atoms with E-state index >= 15 is 0 Å². The Bertz CT molecular complexity index is 1230. The number of benzene rings is 3. The van der Waals surface area contributed by atoms with Gasteiger partial charge in [0.1, 0.15) is 6.04 Å². The Morgan fingerprint density at radius 1 is 0.939 bits per heavy atom. The molecule has 0 aliphatic rings. The Morgan fingerprint density at radius 2 is 1.67 bits per heavy atom. The number of methoxy groups -OCH3 is 2. The first-order valence-electron chi connectivity index (χ1n) is 10.0. The fourth-order valence-electron chi connectivity index (χ4n) is 3.21. The first kappa shape index (κ1) is 22.2. The topological polar surface area (TPSA) is 98.5 Å². The van der Waals surface area contributed by atoms with E-state index in [2.05, 4.69) is 20.8 Å². The Hall–Kier alpha value is -4.04. The molecule has 2 N–H and O–H groups in total. The highest BCUT2D eigenvalue weighted by molar-refractivity contribution is 6.30. The van der Waals surface area contributed by atoms with Gasteiger partial charge in [-0.3, -0.25) is 0 Å². The minimum absolute atomic E-state index is 0.244. The van der Waals surface area contributed by atoms with Crippen molar-refractivity contribution < 1.29 is 18.7 Å². The molecule has 9 heteroatoms. The van der Waals surface area contributed by atoms with Gasteiger partial charge in [-0.1, -0.05) is 41.9 Å². The predicted octanol–water partition coefficient (Wildman–Crippen LogP) is 5.32. The van der Waals surface area contributed by atoms with Crippen LogP contribution in [-0.2, 0) is 0 Å². The number of carbonyl (C=O) groups excluding carboxylic acids is 1. The molecular formula is C24H21ClN4O4. The van der Waals surface area contributed by atoms with Crippen LogP contribution in [0.3, 0.4) is 0 Å². The molecule has 1 atom stereocenters. The second kappa shape index (κ2) is 10.1. The Labute approximate surface area is 195 Å². The summed E-state index contributed by atoms with van der Waals surface area (Å²) in [5.74, 6) is 1.63. The number of anilines is 1. The van der Waals surface area contributed by atoms with Gasteiger partial charge < -0.3 is 24.5 Å². The molecule has 0 bridgehead atoms. The maximum Gasteiger partial charge on any atom is 0.320 e. The van der Waals surface area contributed by atoms with Crippen molar-refractivity contribution >= 4 is 23.3 Å². The molecule has 4 rings (SSSR count). The largest absolute Gasteiger partial charge is 0.493 e. The summed E-state index contributed by atoms with van der Waals surface area (Å²) in [6.07, 6.45) is 0. The zero-order valence-electron chi connectivity index (χ0n) is 17.9. The Kier molecular flexibility index (Phi) is 6.75. The highest BCUT2D eigenvalue weighted by Gasteiger charge is 2.23. The van der Waals surface area contributed by atoms with Crippen LogP contribution in [0.5, 0.6) is 11.5 Å². The van der Waals surface area contributed by atoms with Crippen LogP contribution in [0, 0.1) is 0 Å². The molecular weight excluding hydrogens is 444 g/mol. The molecule has 1 aromatic heterocycles. The van der Waals surface area contributed by atoms with E-state index in [9.17, 15) is 4.79 Å². The number of ether oxygens (including phenoxy) is 2. The quantitative estimate of drug-likeness (QED) is 0.384. The van der Waals surface area contributed by atoms with Crippen LogP contribution in [0.2, 0.25) is 5.02 Å². The lowest BCUT2D eigenvalue weighted by Crippen LogP contribution is -2.33. The van der Waals surface area contributed by atoms with Gasteiger partial charge in [0.2, 0.25) is 11.8 Å². The molecule has 0 saturated heterocycles. The number of nitrogens with one attached hydrogen (secondary N) is 2. The fraction of sp³-hybridized carbons (Fsp3) is 0.125. The molecule has 2 amide bonds. The van der Waals surface area contributed by atoms with Gasteiger partial charge in [-0.2, -0.15) is 0 Å². The summed E-state index contributed by atoms with van der Waals surface area (Å²) in [4.78, 5) is 12.8. The van der Waals surface area contributed by atoms with E-state index in [0.29, 0.717) is 28.1 Å². The number of rotatable bonds is 7. The maximum absolute atomic E-state index is 12.8. The van der Waals surface area contributed by atoms with Gasteiger partial charge in [-0.15, -0.1) is 10.2 Å². The van der Waals surface area contributed by atoms with E-state index in [-0.39, 0.29) is 5.89 Å². The third kappa shape index (κ3) is 5.24. The van der Waals surface area contributed by atoms with Gasteiger partial charge in [0, 0.05) is 22.3 Å². The van der Waals surface area contributed by atoms with Crippen LogP contribution in [0.25, 0.3) is 11.5 Å². The Morgan fingerprint density at radius 3 is 2.36 bits per heavy atom. The summed E-state index contributed by atoms with van der Waals surface area (Å²) < 4.78 is 16.4. The number of halogens is 1. The summed E-state index contributed by atoms with van der Waals surface area (Å²) in [6, 6.07) is 20.4. The maximum atomic E-state index is 12.8. The van der Waals surface area contributed by atoms with E-state index in [1.165, 1.54) is 7.11 Å². The van der Waals surface area contributed by atoms with Gasteiger partial charge in [-0.05, 0) is 42.0 Å². The van der Waals surface area contributed by atoms with E-state index in [1.807, 2.05) is 30.3 Å². The second-order valence-corrected chi connectivity index (χ2v) is 7.40. The highest BCUT2D eigenvalue weighted by atomic mass is 35.5. The minimum Gasteiger partial charge on any atom is -0.493 e. The minimum atomic E-state index is -0.667. The molecule has 33 heavy (non-hydrogen) atoms. The standard InChI is InChI=1S/C24H21ClN4O4/c1-31-19-13-12-18(14-20(19)32-2)26-24(30)27-21(15-6-4-3-5-7-15)23-29-28-22(33-23)16-8-10-17(25)11-9-16/h3-14,21H,1-2H3,(H2,26,27,30)/t21-/m0/s1. The third-order valence-corrected chi connectivity index (χ3v) is 5.08. The van der Waals surface area contributed by atoms with Crippen molar-refractivity contribution in [3.8, 4) is 23.0 Å². The van der Waals surface area contributed by atoms with Gasteiger partial charge in [0.05, 0.1) is 14.2 Å². The molecule has 0 fully saturated rings. The van der Waals surface area contributed by atoms with Crippen LogP contribution in [-0.4, -0.2) is 30.4 Å². The molecule has 0 unspecified atom stereocenters. The van der Waals surface area contributed by atoms with Gasteiger partial charge in [-0.25, -0.2) is 4.79 Å². The summed E-state index contributed by atoms with van der Waals surface area (Å²) in [5, 5.41) is 14.6. The van der Waals surface area contributed by atoms with Crippen molar-refractivity contribution in [2.24, 2.45) is 0 Å². The molecule has 0 aliphatic carbocycles. The average Bonchev–Trinajstić information content (AvgIpc) is 3.33. The number of nitrogens with zero attached hydrogens (tertiary/aromatic N) is 2. The third-order valence-electron chi connectivity index (χ3n) is 4.83. The number of amides is 2. The monoisotopic (exact) mass is 464 g/mol. The number of hydrogen-bond acceptors (Lipinski definition) is 6. The van der Waals surface area contributed by atoms with Gasteiger partial charge in [0.25, 0.3) is 0 Å². The molecule has 4 aromatic rings. The van der Waals surface area contributed by atoms with Crippen LogP contribution < -0.4 is 20.1 Å². The number of aromatic nitrogens is 2. The summed E-state index contributed by atoms with van der Waals surface area (Å²) >= 11 is 5.96. The van der Waals surface area contributed by atoms with E-state index < -0.39 is 12.1 Å². The molecule has 8 nitrogen and oxygen atoms in total. The van der Waals surface area contributed by atoms with Crippen molar-refractivity contribution in [1.82, 2.24) is 15.5 Å². The molecule has 0 radical (unpaired) electrons. The lowest BCUT2D eigenvalue weighted by Gasteiger charge is -2.17. The van der Waals surface area contributed by atoms with Crippen LogP contribution in [0.1, 0.15) is 17.5 Å². The average molecular weight is 465 g/mol. The van der Waals surface area contributed by atoms with Crippen molar-refractivity contribution in [2.45, 2.75) is 6.04 Å². The lowest BCUT2D eigenvalue weighted by molar-refractivity contribution is 0.248. The normalized spacial score (nSPS) is 11.5. The molecule has 168 valence electrons. The second-order valence-electron chi connectivity index (χ2n) is 6.96. The van der Waals surface area contributed by atoms with E-state index in [0.717, 1.165) is 11.1 Å². The fourth-order valence-corrected chi connectivity index (χ4v) is 3.33. The van der Waals surface area contributed by atoms with Crippen molar-refractivity contribution in [2.75, 3.05) is 19.5 Å². The molecule has 0 spiro atoms. The van der Waals surface area contributed by atoms with Gasteiger partial charge in [0.15, 0.2) is 11.5 Å². The summed E-state index contributed by atoms with van der Waals surface area (Å²) in [6.45, 7) is 0. The number of urea groups is 1. The first-order chi connectivity index (χ1) is 16.1. The SMILES string of the molecule is COc1ccc(NC(=O)N[C@@H](c2ccccc2)c2nnc(-c3ccc(Cl)cc3)o2)cc1OC. The van der Waals surface area contributed by atoms with E-state index in [4.69, 9.17) is 25.5 Å². The summed E-state index contributed by atoms with van der Waals surface area (Å²) in [5.41, 5.74) is 2.04. The predicted molar refractivity (Wildman–Crippen MR) is 125 cm³/mol. The summed E-state index contributed by atoms with van der Waals surface area (Å²) in [7, 11) is 3.08. The molecule has 3 aromatic carbocycles. The Balaban J connectivity index is 1.57. The highest BCUT2D eigenvalue weighted by Crippen LogP contribution is 2.30. The molecule has 0 saturated carbocycles. The van der Waals surface area contributed by atoms with Gasteiger partial charge >= 0.3 is 6.03 Å². The van der Waals surface area contributed by atoms with Crippen LogP contribution in [0.4, 0.5) is 10.5 Å². The van der Waals surface area contributed by atoms with Crippen molar-refractivity contribution in [3.05, 3.63) is 89.3 Å². The molecule has 1 heterocycles. The zero-order valence-corrected chi connectivity index (χ0v) is 18.7. The zero-order chi connectivity index (χ0) is 23.2. The van der Waals surface area contributed by atoms with Crippen LogP contribution >= 0.6 is 11.6 Å². The van der Waals surface area contributed by atoms with Crippen molar-refractivity contribution in [1.29, 1.82) is 0 Å². The molecule has 0 aliphatic heterocycles.